The average Bonchev–Trinajstić information content (AvgIpc) is 2.63. The fourth-order valence-corrected chi connectivity index (χ4v) is 2.85. The number of carbonyl (C=O) groups excluding carboxylic acids is 1. The third-order valence-corrected chi connectivity index (χ3v) is 4.11. The molecule has 2 aromatic rings. The third kappa shape index (κ3) is 5.40. The fourth-order valence-electron chi connectivity index (χ4n) is 2.85. The molecular formula is C20H24F2N2O3. The highest BCUT2D eigenvalue weighted by Gasteiger charge is 2.26. The maximum absolute atomic E-state index is 12.7. The van der Waals surface area contributed by atoms with E-state index in [4.69, 9.17) is 4.74 Å². The summed E-state index contributed by atoms with van der Waals surface area (Å²) in [4.78, 5) is 16.2. The van der Waals surface area contributed by atoms with E-state index in [0.29, 0.717) is 6.54 Å². The number of amides is 1. The Morgan fingerprint density at radius 1 is 1.04 bits per heavy atom. The second kappa shape index (κ2) is 9.32. The van der Waals surface area contributed by atoms with Gasteiger partial charge in [0.05, 0.1) is 7.11 Å². The summed E-state index contributed by atoms with van der Waals surface area (Å²) in [7, 11) is 6.66. The van der Waals surface area contributed by atoms with Crippen molar-refractivity contribution in [3.8, 4) is 11.5 Å². The zero-order valence-electron chi connectivity index (χ0n) is 15.9. The number of ether oxygens (including phenoxy) is 2. The summed E-state index contributed by atoms with van der Waals surface area (Å²) in [5, 5.41) is 0. The van der Waals surface area contributed by atoms with Gasteiger partial charge in [-0.1, -0.05) is 36.4 Å². The van der Waals surface area contributed by atoms with Crippen molar-refractivity contribution in [3.05, 3.63) is 59.7 Å². The van der Waals surface area contributed by atoms with Gasteiger partial charge in [-0.15, -0.1) is 0 Å². The lowest BCUT2D eigenvalue weighted by atomic mass is 10.0. The zero-order chi connectivity index (χ0) is 20.0. The van der Waals surface area contributed by atoms with Gasteiger partial charge in [0, 0.05) is 20.6 Å². The van der Waals surface area contributed by atoms with Crippen molar-refractivity contribution in [1.29, 1.82) is 0 Å². The van der Waals surface area contributed by atoms with Crippen LogP contribution in [-0.4, -0.2) is 50.6 Å². The first kappa shape index (κ1) is 20.6. The van der Waals surface area contributed by atoms with Gasteiger partial charge in [-0.3, -0.25) is 9.69 Å². The maximum atomic E-state index is 12.7. The number of benzene rings is 2. The van der Waals surface area contributed by atoms with E-state index in [-0.39, 0.29) is 17.4 Å². The van der Waals surface area contributed by atoms with Crippen molar-refractivity contribution in [2.75, 3.05) is 28.3 Å². The molecule has 0 heterocycles. The molecular weight excluding hydrogens is 354 g/mol. The number of halogens is 2. The van der Waals surface area contributed by atoms with Crippen LogP contribution in [0.4, 0.5) is 8.78 Å². The molecule has 0 saturated heterocycles. The van der Waals surface area contributed by atoms with Crippen molar-refractivity contribution in [3.63, 3.8) is 0 Å². The zero-order valence-corrected chi connectivity index (χ0v) is 15.9. The minimum Gasteiger partial charge on any atom is -0.493 e. The van der Waals surface area contributed by atoms with E-state index in [1.807, 2.05) is 42.3 Å². The molecule has 0 N–H and O–H groups in total. The summed E-state index contributed by atoms with van der Waals surface area (Å²) in [6, 6.07) is 13.8. The van der Waals surface area contributed by atoms with Gasteiger partial charge in [0.15, 0.2) is 11.5 Å². The van der Waals surface area contributed by atoms with Gasteiger partial charge < -0.3 is 14.4 Å². The second-order valence-electron chi connectivity index (χ2n) is 6.32. The molecule has 0 saturated carbocycles. The van der Waals surface area contributed by atoms with Crippen molar-refractivity contribution in [2.45, 2.75) is 19.2 Å². The van der Waals surface area contributed by atoms with Gasteiger partial charge in [-0.05, 0) is 30.3 Å². The monoisotopic (exact) mass is 378 g/mol. The van der Waals surface area contributed by atoms with Crippen LogP contribution in [0.25, 0.3) is 0 Å². The molecule has 1 atom stereocenters. The highest BCUT2D eigenvalue weighted by Crippen LogP contribution is 2.31. The van der Waals surface area contributed by atoms with E-state index in [9.17, 15) is 13.6 Å². The van der Waals surface area contributed by atoms with Crippen molar-refractivity contribution in [2.24, 2.45) is 0 Å². The molecule has 1 amide bonds. The van der Waals surface area contributed by atoms with Crippen LogP contribution in [0.3, 0.4) is 0 Å². The Morgan fingerprint density at radius 3 is 2.26 bits per heavy atom. The van der Waals surface area contributed by atoms with Crippen LogP contribution >= 0.6 is 0 Å². The van der Waals surface area contributed by atoms with E-state index in [0.717, 1.165) is 11.1 Å². The Hall–Kier alpha value is -2.67. The molecule has 2 rings (SSSR count). The smallest absolute Gasteiger partial charge is 0.387 e. The van der Waals surface area contributed by atoms with Gasteiger partial charge in [0.25, 0.3) is 0 Å². The Morgan fingerprint density at radius 2 is 1.70 bits per heavy atom. The number of hydrogen-bond acceptors (Lipinski definition) is 4. The van der Waals surface area contributed by atoms with Gasteiger partial charge in [-0.2, -0.15) is 8.78 Å². The first-order valence-electron chi connectivity index (χ1n) is 8.41. The highest BCUT2D eigenvalue weighted by molar-refractivity contribution is 5.82. The predicted molar refractivity (Wildman–Crippen MR) is 99.0 cm³/mol. The van der Waals surface area contributed by atoms with Crippen LogP contribution in [0, 0.1) is 0 Å². The molecule has 1 unspecified atom stereocenters. The summed E-state index contributed by atoms with van der Waals surface area (Å²) >= 11 is 0. The summed E-state index contributed by atoms with van der Waals surface area (Å²) < 4.78 is 34.6. The highest BCUT2D eigenvalue weighted by atomic mass is 19.3. The normalized spacial score (nSPS) is 12.1. The predicted octanol–water partition coefficient (Wildman–Crippen LogP) is 3.56. The molecule has 0 bridgehead atoms. The van der Waals surface area contributed by atoms with Crippen molar-refractivity contribution >= 4 is 5.91 Å². The SMILES string of the molecule is COc1cc(CN(C)C(C(=O)N(C)C)c2ccccc2)ccc1OC(F)F. The molecule has 7 heteroatoms. The van der Waals surface area contributed by atoms with E-state index < -0.39 is 12.7 Å². The third-order valence-electron chi connectivity index (χ3n) is 4.11. The number of likely N-dealkylation sites (N-methyl/N-ethyl adjacent to an activating group) is 2. The van der Waals surface area contributed by atoms with Gasteiger partial charge in [0.2, 0.25) is 5.91 Å². The lowest BCUT2D eigenvalue weighted by molar-refractivity contribution is -0.134. The molecule has 2 aromatic carbocycles. The number of nitrogens with zero attached hydrogens (tertiary/aromatic N) is 2. The molecule has 0 radical (unpaired) electrons. The van der Waals surface area contributed by atoms with E-state index in [1.54, 1.807) is 31.1 Å². The van der Waals surface area contributed by atoms with Crippen LogP contribution in [-0.2, 0) is 11.3 Å². The van der Waals surface area contributed by atoms with Crippen molar-refractivity contribution < 1.29 is 23.0 Å². The number of methoxy groups -OCH3 is 1. The molecule has 5 nitrogen and oxygen atoms in total. The van der Waals surface area contributed by atoms with Crippen LogP contribution in [0.2, 0.25) is 0 Å². The minimum atomic E-state index is -2.92. The Labute approximate surface area is 158 Å². The number of carbonyl (C=O) groups is 1. The van der Waals surface area contributed by atoms with E-state index in [1.165, 1.54) is 13.2 Å². The van der Waals surface area contributed by atoms with Gasteiger partial charge in [-0.25, -0.2) is 0 Å². The summed E-state index contributed by atoms with van der Waals surface area (Å²) in [6.45, 7) is -2.50. The molecule has 0 aliphatic rings. The fraction of sp³-hybridized carbons (Fsp3) is 0.350. The van der Waals surface area contributed by atoms with E-state index in [2.05, 4.69) is 4.74 Å². The largest absolute Gasteiger partial charge is 0.493 e. The molecule has 0 spiro atoms. The summed E-state index contributed by atoms with van der Waals surface area (Å²) in [5.41, 5.74) is 1.69. The number of rotatable bonds is 8. The molecule has 0 fully saturated rings. The molecule has 0 aliphatic heterocycles. The number of hydrogen-bond donors (Lipinski definition) is 0. The topological polar surface area (TPSA) is 42.0 Å². The Bertz CT molecular complexity index is 754. The summed E-state index contributed by atoms with van der Waals surface area (Å²) in [5.74, 6) is 0.146. The first-order chi connectivity index (χ1) is 12.8. The summed E-state index contributed by atoms with van der Waals surface area (Å²) in [6.07, 6.45) is 0. The average molecular weight is 378 g/mol. The standard InChI is InChI=1S/C20H24F2N2O3/c1-23(2)19(25)18(15-8-6-5-7-9-15)24(3)13-14-10-11-16(27-20(21)22)17(12-14)26-4/h5-12,18,20H,13H2,1-4H3. The number of alkyl halides is 2. The van der Waals surface area contributed by atoms with Crippen molar-refractivity contribution in [1.82, 2.24) is 9.80 Å². The lowest BCUT2D eigenvalue weighted by Gasteiger charge is -2.30. The lowest BCUT2D eigenvalue weighted by Crippen LogP contribution is -2.37. The Balaban J connectivity index is 2.26. The molecule has 27 heavy (non-hydrogen) atoms. The van der Waals surface area contributed by atoms with Crippen LogP contribution in [0.5, 0.6) is 11.5 Å². The maximum Gasteiger partial charge on any atom is 0.387 e. The molecule has 146 valence electrons. The van der Waals surface area contributed by atoms with E-state index >= 15 is 0 Å². The van der Waals surface area contributed by atoms with Gasteiger partial charge in [0.1, 0.15) is 6.04 Å². The van der Waals surface area contributed by atoms with Crippen LogP contribution in [0.15, 0.2) is 48.5 Å². The minimum absolute atomic E-state index is 0.0251. The van der Waals surface area contributed by atoms with Crippen LogP contribution in [0.1, 0.15) is 17.2 Å². The quantitative estimate of drug-likeness (QED) is 0.704. The van der Waals surface area contributed by atoms with Crippen LogP contribution < -0.4 is 9.47 Å². The second-order valence-corrected chi connectivity index (χ2v) is 6.32. The molecule has 0 aromatic heterocycles. The van der Waals surface area contributed by atoms with Gasteiger partial charge >= 0.3 is 6.61 Å². The molecule has 0 aliphatic carbocycles. The Kier molecular flexibility index (Phi) is 7.12. The first-order valence-corrected chi connectivity index (χ1v) is 8.41.